The van der Waals surface area contributed by atoms with Gasteiger partial charge in [0, 0.05) is 31.4 Å². The van der Waals surface area contributed by atoms with Crippen molar-refractivity contribution in [1.82, 2.24) is 24.8 Å². The van der Waals surface area contributed by atoms with E-state index in [0.29, 0.717) is 5.92 Å². The van der Waals surface area contributed by atoms with E-state index in [1.165, 1.54) is 12.8 Å². The van der Waals surface area contributed by atoms with E-state index in [-0.39, 0.29) is 6.10 Å². The van der Waals surface area contributed by atoms with Crippen LogP contribution in [0.4, 0.5) is 0 Å². The Kier molecular flexibility index (Phi) is 3.44. The van der Waals surface area contributed by atoms with Crippen LogP contribution in [0.15, 0.2) is 23.0 Å². The van der Waals surface area contributed by atoms with Gasteiger partial charge in [0.05, 0.1) is 25.8 Å². The third-order valence-electron chi connectivity index (χ3n) is 3.95. The Balaban J connectivity index is 1.33. The van der Waals surface area contributed by atoms with Crippen molar-refractivity contribution in [2.75, 3.05) is 19.7 Å². The molecule has 2 aromatic rings. The maximum atomic E-state index is 5.81. The van der Waals surface area contributed by atoms with Gasteiger partial charge in [-0.25, -0.2) is 0 Å². The van der Waals surface area contributed by atoms with Crippen molar-refractivity contribution in [3.05, 3.63) is 30.2 Å². The van der Waals surface area contributed by atoms with Crippen molar-refractivity contribution < 1.29 is 9.26 Å². The molecule has 1 atom stereocenters. The summed E-state index contributed by atoms with van der Waals surface area (Å²) in [6, 6.07) is 1.93. The summed E-state index contributed by atoms with van der Waals surface area (Å²) in [5.41, 5.74) is 0. The number of aromatic nitrogens is 4. The average Bonchev–Trinajstić information content (AvgIpc) is 3.02. The first-order valence-electron chi connectivity index (χ1n) is 7.51. The van der Waals surface area contributed by atoms with E-state index in [9.17, 15) is 0 Å². The molecule has 0 bridgehead atoms. The molecule has 7 nitrogen and oxygen atoms in total. The van der Waals surface area contributed by atoms with E-state index in [1.54, 1.807) is 6.20 Å². The molecule has 4 rings (SSSR count). The predicted molar refractivity (Wildman–Crippen MR) is 73.5 cm³/mol. The molecule has 1 saturated heterocycles. The maximum Gasteiger partial charge on any atom is 0.229 e. The van der Waals surface area contributed by atoms with Gasteiger partial charge >= 0.3 is 0 Å². The van der Waals surface area contributed by atoms with Crippen molar-refractivity contribution >= 4 is 0 Å². The quantitative estimate of drug-likeness (QED) is 0.819. The molecule has 1 saturated carbocycles. The number of ether oxygens (including phenoxy) is 1. The van der Waals surface area contributed by atoms with Gasteiger partial charge in [0.15, 0.2) is 5.82 Å². The van der Waals surface area contributed by atoms with E-state index in [4.69, 9.17) is 9.26 Å². The normalized spacial score (nSPS) is 23.5. The molecule has 1 aliphatic heterocycles. The number of rotatable bonds is 5. The topological polar surface area (TPSA) is 69.2 Å². The fraction of sp³-hybridized carbons (Fsp3) is 0.643. The molecule has 0 N–H and O–H groups in total. The summed E-state index contributed by atoms with van der Waals surface area (Å²) in [6.07, 6.45) is 6.28. The molecule has 1 aliphatic carbocycles. The Morgan fingerprint density at radius 3 is 3.10 bits per heavy atom. The van der Waals surface area contributed by atoms with Gasteiger partial charge in [0.25, 0.3) is 0 Å². The highest BCUT2D eigenvalue weighted by Gasteiger charge is 2.30. The van der Waals surface area contributed by atoms with Gasteiger partial charge in [-0.3, -0.25) is 9.58 Å². The van der Waals surface area contributed by atoms with Crippen molar-refractivity contribution in [2.45, 2.75) is 38.0 Å². The molecular formula is C14H19N5O2. The number of hydrogen-bond acceptors (Lipinski definition) is 6. The van der Waals surface area contributed by atoms with Crippen LogP contribution < -0.4 is 0 Å². The highest BCUT2D eigenvalue weighted by molar-refractivity contribution is 5.01. The second-order valence-electron chi connectivity index (χ2n) is 5.78. The molecule has 0 spiro atoms. The Bertz CT molecular complexity index is 578. The van der Waals surface area contributed by atoms with Crippen LogP contribution in [0.5, 0.6) is 0 Å². The van der Waals surface area contributed by atoms with Crippen molar-refractivity contribution in [3.63, 3.8) is 0 Å². The van der Waals surface area contributed by atoms with Crippen molar-refractivity contribution in [2.24, 2.45) is 0 Å². The first-order chi connectivity index (χ1) is 10.4. The van der Waals surface area contributed by atoms with Crippen LogP contribution in [0.3, 0.4) is 0 Å². The van der Waals surface area contributed by atoms with Gasteiger partial charge in [-0.05, 0) is 18.9 Å². The largest absolute Gasteiger partial charge is 0.374 e. The lowest BCUT2D eigenvalue weighted by Crippen LogP contribution is -2.43. The predicted octanol–water partition coefficient (Wildman–Crippen LogP) is 1.04. The monoisotopic (exact) mass is 289 g/mol. The SMILES string of the molecule is c1cnn(C[C@@H]2CN(Cc3noc(C4CC4)n3)CCO2)c1. The highest BCUT2D eigenvalue weighted by Crippen LogP contribution is 2.38. The molecule has 2 fully saturated rings. The fourth-order valence-corrected chi connectivity index (χ4v) is 2.68. The molecule has 7 heteroatoms. The molecule has 2 aliphatic rings. The van der Waals surface area contributed by atoms with Gasteiger partial charge in [0.1, 0.15) is 0 Å². The van der Waals surface area contributed by atoms with Crippen LogP contribution >= 0.6 is 0 Å². The van der Waals surface area contributed by atoms with Crippen molar-refractivity contribution in [1.29, 1.82) is 0 Å². The van der Waals surface area contributed by atoms with E-state index in [0.717, 1.165) is 44.5 Å². The third kappa shape index (κ3) is 3.14. The molecule has 21 heavy (non-hydrogen) atoms. The lowest BCUT2D eigenvalue weighted by molar-refractivity contribution is -0.0410. The maximum absolute atomic E-state index is 5.81. The summed E-state index contributed by atoms with van der Waals surface area (Å²) in [5, 5.41) is 8.31. The molecule has 0 aromatic carbocycles. The average molecular weight is 289 g/mol. The minimum absolute atomic E-state index is 0.161. The molecule has 2 aromatic heterocycles. The summed E-state index contributed by atoms with van der Waals surface area (Å²) in [7, 11) is 0. The summed E-state index contributed by atoms with van der Waals surface area (Å²) in [6.45, 7) is 4.02. The Morgan fingerprint density at radius 2 is 2.29 bits per heavy atom. The minimum atomic E-state index is 0.161. The summed E-state index contributed by atoms with van der Waals surface area (Å²) in [4.78, 5) is 6.81. The van der Waals surface area contributed by atoms with Gasteiger partial charge in [-0.2, -0.15) is 10.1 Å². The standard InChI is InChI=1S/C14H19N5O2/c1-4-15-19(5-1)9-12-8-18(6-7-20-12)10-13-16-14(21-17-13)11-2-3-11/h1,4-5,11-12H,2-3,6-10H2/t12-/m0/s1. The zero-order chi connectivity index (χ0) is 14.1. The first kappa shape index (κ1) is 13.0. The van der Waals surface area contributed by atoms with Crippen LogP contribution in [0.25, 0.3) is 0 Å². The zero-order valence-electron chi connectivity index (χ0n) is 11.9. The second-order valence-corrected chi connectivity index (χ2v) is 5.78. The van der Waals surface area contributed by atoms with Gasteiger partial charge in [0.2, 0.25) is 5.89 Å². The summed E-state index contributed by atoms with van der Waals surface area (Å²) in [5.74, 6) is 2.12. The van der Waals surface area contributed by atoms with Gasteiger partial charge in [-0.1, -0.05) is 5.16 Å². The van der Waals surface area contributed by atoms with Crippen molar-refractivity contribution in [3.8, 4) is 0 Å². The molecule has 0 amide bonds. The molecule has 0 unspecified atom stereocenters. The van der Waals surface area contributed by atoms with E-state index in [2.05, 4.69) is 20.1 Å². The minimum Gasteiger partial charge on any atom is -0.374 e. The zero-order valence-corrected chi connectivity index (χ0v) is 11.9. The number of morpholine rings is 1. The smallest absolute Gasteiger partial charge is 0.229 e. The Labute approximate surface area is 122 Å². The lowest BCUT2D eigenvalue weighted by atomic mass is 10.2. The van der Waals surface area contributed by atoms with Crippen LogP contribution in [0, 0.1) is 0 Å². The van der Waals surface area contributed by atoms with E-state index in [1.807, 2.05) is 16.9 Å². The molecule has 112 valence electrons. The van der Waals surface area contributed by atoms with Crippen LogP contribution in [-0.2, 0) is 17.8 Å². The van der Waals surface area contributed by atoms with Crippen LogP contribution in [0.2, 0.25) is 0 Å². The summed E-state index contributed by atoms with van der Waals surface area (Å²) >= 11 is 0. The first-order valence-corrected chi connectivity index (χ1v) is 7.51. The van der Waals surface area contributed by atoms with E-state index >= 15 is 0 Å². The summed E-state index contributed by atoms with van der Waals surface area (Å²) < 4.78 is 13.0. The molecule has 3 heterocycles. The molecular weight excluding hydrogens is 270 g/mol. The number of nitrogens with zero attached hydrogens (tertiary/aromatic N) is 5. The number of hydrogen-bond donors (Lipinski definition) is 0. The highest BCUT2D eigenvalue weighted by atomic mass is 16.5. The Morgan fingerprint density at radius 1 is 1.33 bits per heavy atom. The fourth-order valence-electron chi connectivity index (χ4n) is 2.68. The van der Waals surface area contributed by atoms with E-state index < -0.39 is 0 Å². The van der Waals surface area contributed by atoms with Crippen LogP contribution in [-0.4, -0.2) is 50.6 Å². The van der Waals surface area contributed by atoms with Gasteiger partial charge in [-0.15, -0.1) is 0 Å². The Hall–Kier alpha value is -1.73. The second kappa shape index (κ2) is 5.57. The lowest BCUT2D eigenvalue weighted by Gasteiger charge is -2.31. The third-order valence-corrected chi connectivity index (χ3v) is 3.95. The van der Waals surface area contributed by atoms with Gasteiger partial charge < -0.3 is 9.26 Å². The molecule has 0 radical (unpaired) electrons. The van der Waals surface area contributed by atoms with Crippen LogP contribution in [0.1, 0.15) is 30.5 Å².